The molecule has 1 aliphatic carbocycles. The van der Waals surface area contributed by atoms with Crippen LogP contribution in [0.5, 0.6) is 0 Å². The molecule has 0 spiro atoms. The molecule has 0 radical (unpaired) electrons. The molecule has 6 nitrogen and oxygen atoms in total. The van der Waals surface area contributed by atoms with E-state index in [-0.39, 0.29) is 30.1 Å². The van der Waals surface area contributed by atoms with Gasteiger partial charge in [0.05, 0.1) is 19.3 Å². The molecule has 1 unspecified atom stereocenters. The average molecular weight is 537 g/mol. The third-order valence-corrected chi connectivity index (χ3v) is 6.41. The van der Waals surface area contributed by atoms with E-state index in [2.05, 4.69) is 52.6 Å². The van der Waals surface area contributed by atoms with Crippen LogP contribution in [0.4, 0.5) is 0 Å². The summed E-state index contributed by atoms with van der Waals surface area (Å²) in [5.74, 6) is 2.44. The van der Waals surface area contributed by atoms with Crippen LogP contribution in [0.15, 0.2) is 47.7 Å². The Balaban J connectivity index is 0.00000272. The normalized spacial score (nSPS) is 24.5. The van der Waals surface area contributed by atoms with Gasteiger partial charge in [0.25, 0.3) is 0 Å². The Bertz CT molecular complexity index is 816. The first-order valence-electron chi connectivity index (χ1n) is 11.4. The maximum absolute atomic E-state index is 6.01. The van der Waals surface area contributed by atoms with Gasteiger partial charge in [-0.25, -0.2) is 0 Å². The van der Waals surface area contributed by atoms with Crippen molar-refractivity contribution in [2.24, 2.45) is 18.0 Å². The number of nitrogens with one attached hydrogen (secondary N) is 1. The van der Waals surface area contributed by atoms with Crippen LogP contribution in [0.2, 0.25) is 0 Å². The Morgan fingerprint density at radius 1 is 1.16 bits per heavy atom. The molecule has 1 saturated heterocycles. The van der Waals surface area contributed by atoms with Crippen molar-refractivity contribution < 1.29 is 4.74 Å². The van der Waals surface area contributed by atoms with Crippen molar-refractivity contribution in [1.82, 2.24) is 20.0 Å². The number of benzene rings is 1. The Morgan fingerprint density at radius 3 is 2.61 bits per heavy atom. The molecule has 2 aromatic rings. The fourth-order valence-corrected chi connectivity index (χ4v) is 4.69. The molecule has 170 valence electrons. The van der Waals surface area contributed by atoms with Crippen molar-refractivity contribution in [2.45, 2.75) is 44.6 Å². The molecule has 7 heteroatoms. The molecular formula is C24H36IN5O. The van der Waals surface area contributed by atoms with E-state index in [0.29, 0.717) is 12.5 Å². The topological polar surface area (TPSA) is 54.7 Å². The first kappa shape index (κ1) is 24.0. The number of aromatic nitrogens is 2. The fraction of sp³-hybridized carbons (Fsp3) is 0.583. The molecule has 1 aromatic heterocycles. The highest BCUT2D eigenvalue weighted by molar-refractivity contribution is 14.0. The number of hydrogen-bond acceptors (Lipinski definition) is 3. The van der Waals surface area contributed by atoms with E-state index in [1.165, 1.54) is 31.2 Å². The molecule has 1 aliphatic heterocycles. The largest absolute Gasteiger partial charge is 0.370 e. The fourth-order valence-electron chi connectivity index (χ4n) is 4.69. The van der Waals surface area contributed by atoms with Crippen molar-refractivity contribution in [1.29, 1.82) is 0 Å². The lowest BCUT2D eigenvalue weighted by molar-refractivity contribution is -0.00807. The Hall–Kier alpha value is -1.61. The smallest absolute Gasteiger partial charge is 0.194 e. The van der Waals surface area contributed by atoms with Crippen molar-refractivity contribution in [3.8, 4) is 0 Å². The zero-order chi connectivity index (χ0) is 20.8. The predicted molar refractivity (Wildman–Crippen MR) is 136 cm³/mol. The molecule has 1 aromatic carbocycles. The van der Waals surface area contributed by atoms with Gasteiger partial charge in [-0.3, -0.25) is 9.67 Å². The van der Waals surface area contributed by atoms with Gasteiger partial charge in [-0.1, -0.05) is 30.3 Å². The summed E-state index contributed by atoms with van der Waals surface area (Å²) in [5, 5.41) is 7.80. The lowest BCUT2D eigenvalue weighted by Gasteiger charge is -2.35. The van der Waals surface area contributed by atoms with E-state index in [4.69, 9.17) is 9.73 Å². The van der Waals surface area contributed by atoms with Gasteiger partial charge < -0.3 is 15.0 Å². The second kappa shape index (κ2) is 11.9. The minimum Gasteiger partial charge on any atom is -0.370 e. The first-order chi connectivity index (χ1) is 14.7. The van der Waals surface area contributed by atoms with Crippen LogP contribution >= 0.6 is 24.0 Å². The minimum atomic E-state index is 0. The van der Waals surface area contributed by atoms with E-state index in [1.54, 1.807) is 0 Å². The van der Waals surface area contributed by atoms with Crippen LogP contribution in [-0.4, -0.2) is 53.4 Å². The van der Waals surface area contributed by atoms with E-state index in [1.807, 2.05) is 24.1 Å². The van der Waals surface area contributed by atoms with Gasteiger partial charge in [-0.2, -0.15) is 5.10 Å². The van der Waals surface area contributed by atoms with Gasteiger partial charge in [0, 0.05) is 38.4 Å². The second-order valence-electron chi connectivity index (χ2n) is 8.58. The predicted octanol–water partition coefficient (Wildman–Crippen LogP) is 4.35. The highest BCUT2D eigenvalue weighted by Crippen LogP contribution is 2.35. The molecule has 0 amide bonds. The molecule has 31 heavy (non-hydrogen) atoms. The molecular weight excluding hydrogens is 501 g/mol. The molecule has 1 atom stereocenters. The summed E-state index contributed by atoms with van der Waals surface area (Å²) in [5.41, 5.74) is 2.64. The Kier molecular flexibility index (Phi) is 9.19. The van der Waals surface area contributed by atoms with E-state index >= 15 is 0 Å². The molecule has 1 N–H and O–H groups in total. The quantitative estimate of drug-likeness (QED) is 0.350. The summed E-state index contributed by atoms with van der Waals surface area (Å²) in [7, 11) is 1.95. The average Bonchev–Trinajstić information content (AvgIpc) is 3.24. The third-order valence-electron chi connectivity index (χ3n) is 6.41. The number of guanidine groups is 1. The van der Waals surface area contributed by atoms with Crippen molar-refractivity contribution in [3.63, 3.8) is 0 Å². The summed E-state index contributed by atoms with van der Waals surface area (Å²) >= 11 is 0. The highest BCUT2D eigenvalue weighted by Gasteiger charge is 2.26. The van der Waals surface area contributed by atoms with Crippen molar-refractivity contribution >= 4 is 29.9 Å². The number of halogens is 1. The number of nitrogens with zero attached hydrogens (tertiary/aromatic N) is 4. The van der Waals surface area contributed by atoms with Gasteiger partial charge >= 0.3 is 0 Å². The molecule has 0 bridgehead atoms. The molecule has 4 rings (SSSR count). The Morgan fingerprint density at radius 2 is 1.94 bits per heavy atom. The monoisotopic (exact) mass is 537 g/mol. The van der Waals surface area contributed by atoms with Gasteiger partial charge in [0.2, 0.25) is 0 Å². The van der Waals surface area contributed by atoms with Crippen molar-refractivity contribution in [3.05, 3.63) is 53.9 Å². The van der Waals surface area contributed by atoms with Gasteiger partial charge in [0.15, 0.2) is 5.96 Å². The molecule has 2 fully saturated rings. The summed E-state index contributed by atoms with van der Waals surface area (Å²) in [6, 6.07) is 11.0. The summed E-state index contributed by atoms with van der Waals surface area (Å²) < 4.78 is 7.84. The number of aryl methyl sites for hydroxylation is 1. The van der Waals surface area contributed by atoms with Gasteiger partial charge in [-0.15, -0.1) is 24.0 Å². The lowest BCUT2D eigenvalue weighted by Crippen LogP contribution is -2.48. The number of ether oxygens (including phenoxy) is 1. The summed E-state index contributed by atoms with van der Waals surface area (Å²) in [4.78, 5) is 7.39. The van der Waals surface area contributed by atoms with Crippen LogP contribution < -0.4 is 5.32 Å². The number of hydrogen-bond donors (Lipinski definition) is 1. The standard InChI is InChI=1S/C24H35N5O.HI/c1-3-25-24(29-13-14-30-23(18-29)22-16-27-28(2)17-22)26-15-19-9-11-21(12-10-19)20-7-5-4-6-8-20;/h4-8,16-17,19,21,23H,3,9-15,18H2,1-2H3,(H,25,26);1H. The number of aliphatic imine (C=N–C) groups is 1. The van der Waals surface area contributed by atoms with Crippen molar-refractivity contribution in [2.75, 3.05) is 32.8 Å². The lowest BCUT2D eigenvalue weighted by atomic mass is 9.79. The van der Waals surface area contributed by atoms with Crippen LogP contribution in [-0.2, 0) is 11.8 Å². The molecule has 2 aliphatic rings. The minimum absolute atomic E-state index is 0. The maximum Gasteiger partial charge on any atom is 0.194 e. The summed E-state index contributed by atoms with van der Waals surface area (Å²) in [6.45, 7) is 6.35. The van der Waals surface area contributed by atoms with E-state index < -0.39 is 0 Å². The number of rotatable bonds is 5. The van der Waals surface area contributed by atoms with E-state index in [0.717, 1.165) is 43.6 Å². The zero-order valence-electron chi connectivity index (χ0n) is 18.7. The number of morpholine rings is 1. The van der Waals surface area contributed by atoms with Crippen LogP contribution in [0, 0.1) is 5.92 Å². The van der Waals surface area contributed by atoms with Crippen LogP contribution in [0.25, 0.3) is 0 Å². The second-order valence-corrected chi connectivity index (χ2v) is 8.58. The molecule has 1 saturated carbocycles. The zero-order valence-corrected chi connectivity index (χ0v) is 21.1. The molecule has 2 heterocycles. The van der Waals surface area contributed by atoms with Gasteiger partial charge in [-0.05, 0) is 50.0 Å². The SMILES string of the molecule is CCNC(=NCC1CCC(c2ccccc2)CC1)N1CCOC(c2cnn(C)c2)C1.I. The highest BCUT2D eigenvalue weighted by atomic mass is 127. The Labute approximate surface area is 203 Å². The van der Waals surface area contributed by atoms with Gasteiger partial charge in [0.1, 0.15) is 6.10 Å². The first-order valence-corrected chi connectivity index (χ1v) is 11.4. The van der Waals surface area contributed by atoms with Crippen LogP contribution in [0.3, 0.4) is 0 Å². The summed E-state index contributed by atoms with van der Waals surface area (Å²) in [6.07, 6.45) is 9.10. The maximum atomic E-state index is 6.01. The van der Waals surface area contributed by atoms with Crippen LogP contribution in [0.1, 0.15) is 55.8 Å². The third kappa shape index (κ3) is 6.44. The van der Waals surface area contributed by atoms with E-state index in [9.17, 15) is 0 Å².